The molecule has 0 bridgehead atoms. The van der Waals surface area contributed by atoms with Crippen molar-refractivity contribution < 1.29 is 9.13 Å². The number of hydrogen-bond donors (Lipinski definition) is 2. The largest absolute Gasteiger partial charge is 0.492 e. The van der Waals surface area contributed by atoms with Crippen molar-refractivity contribution in [3.63, 3.8) is 0 Å². The Morgan fingerprint density at radius 2 is 1.60 bits per heavy atom. The number of benzene rings is 2. The van der Waals surface area contributed by atoms with Crippen LogP contribution in [0.5, 0.6) is 5.75 Å². The van der Waals surface area contributed by atoms with Gasteiger partial charge in [-0.05, 0) is 48.0 Å². The number of anilines is 2. The average molecular weight is 338 g/mol. The number of rotatable bonds is 8. The molecule has 0 unspecified atom stereocenters. The van der Waals surface area contributed by atoms with E-state index in [2.05, 4.69) is 20.6 Å². The van der Waals surface area contributed by atoms with Gasteiger partial charge in [-0.15, -0.1) is 0 Å². The summed E-state index contributed by atoms with van der Waals surface area (Å²) in [5.74, 6) is 1.16. The first-order valence-corrected chi connectivity index (χ1v) is 8.02. The summed E-state index contributed by atoms with van der Waals surface area (Å²) in [6, 6.07) is 15.9. The predicted octanol–water partition coefficient (Wildman–Crippen LogP) is 3.72. The fourth-order valence-corrected chi connectivity index (χ4v) is 2.20. The second-order valence-corrected chi connectivity index (χ2v) is 5.35. The topological polar surface area (TPSA) is 59.1 Å². The molecule has 25 heavy (non-hydrogen) atoms. The minimum absolute atomic E-state index is 0.236. The SMILES string of the molecule is Fc1ccc(NCc2ccc(OCCNc3ncccn3)cc2)cc1. The Balaban J connectivity index is 1.40. The number of halogens is 1. The highest BCUT2D eigenvalue weighted by Gasteiger charge is 1.98. The van der Waals surface area contributed by atoms with E-state index in [0.717, 1.165) is 17.0 Å². The van der Waals surface area contributed by atoms with E-state index in [1.807, 2.05) is 24.3 Å². The molecular weight excluding hydrogens is 319 g/mol. The van der Waals surface area contributed by atoms with E-state index in [4.69, 9.17) is 4.74 Å². The van der Waals surface area contributed by atoms with E-state index in [9.17, 15) is 4.39 Å². The molecule has 5 nitrogen and oxygen atoms in total. The average Bonchev–Trinajstić information content (AvgIpc) is 2.67. The van der Waals surface area contributed by atoms with Crippen LogP contribution in [0.4, 0.5) is 16.0 Å². The number of nitrogens with zero attached hydrogens (tertiary/aromatic N) is 2. The van der Waals surface area contributed by atoms with E-state index in [-0.39, 0.29) is 5.82 Å². The van der Waals surface area contributed by atoms with Crippen LogP contribution in [0.25, 0.3) is 0 Å². The summed E-state index contributed by atoms with van der Waals surface area (Å²) in [6.45, 7) is 1.81. The molecule has 2 N–H and O–H groups in total. The van der Waals surface area contributed by atoms with Crippen molar-refractivity contribution in [3.05, 3.63) is 78.4 Å². The van der Waals surface area contributed by atoms with Crippen molar-refractivity contribution >= 4 is 11.6 Å². The fraction of sp³-hybridized carbons (Fsp3) is 0.158. The number of ether oxygens (including phenoxy) is 1. The molecule has 1 heterocycles. The van der Waals surface area contributed by atoms with Gasteiger partial charge in [-0.2, -0.15) is 0 Å². The van der Waals surface area contributed by atoms with Gasteiger partial charge in [-0.1, -0.05) is 12.1 Å². The van der Waals surface area contributed by atoms with Crippen LogP contribution in [-0.2, 0) is 6.54 Å². The molecule has 1 aromatic heterocycles. The maximum Gasteiger partial charge on any atom is 0.222 e. The zero-order valence-electron chi connectivity index (χ0n) is 13.7. The van der Waals surface area contributed by atoms with Crippen molar-refractivity contribution in [2.75, 3.05) is 23.8 Å². The number of aromatic nitrogens is 2. The minimum Gasteiger partial charge on any atom is -0.492 e. The lowest BCUT2D eigenvalue weighted by molar-refractivity contribution is 0.332. The molecule has 0 amide bonds. The Morgan fingerprint density at radius 1 is 0.880 bits per heavy atom. The molecule has 6 heteroatoms. The molecule has 0 radical (unpaired) electrons. The zero-order valence-corrected chi connectivity index (χ0v) is 13.7. The Labute approximate surface area is 145 Å². The second kappa shape index (κ2) is 8.63. The quantitative estimate of drug-likeness (QED) is 0.613. The van der Waals surface area contributed by atoms with Gasteiger partial charge in [0.05, 0.1) is 6.54 Å². The van der Waals surface area contributed by atoms with Crippen LogP contribution in [0, 0.1) is 5.82 Å². The minimum atomic E-state index is -0.236. The van der Waals surface area contributed by atoms with Crippen molar-refractivity contribution in [1.82, 2.24) is 9.97 Å². The van der Waals surface area contributed by atoms with Gasteiger partial charge in [0.25, 0.3) is 0 Å². The van der Waals surface area contributed by atoms with Crippen molar-refractivity contribution in [2.24, 2.45) is 0 Å². The third-order valence-electron chi connectivity index (χ3n) is 3.48. The molecule has 0 fully saturated rings. The fourth-order valence-electron chi connectivity index (χ4n) is 2.20. The smallest absolute Gasteiger partial charge is 0.222 e. The molecule has 3 rings (SSSR count). The third-order valence-corrected chi connectivity index (χ3v) is 3.48. The summed E-state index contributed by atoms with van der Waals surface area (Å²) in [7, 11) is 0. The highest BCUT2D eigenvalue weighted by atomic mass is 19.1. The van der Waals surface area contributed by atoms with Gasteiger partial charge in [0.1, 0.15) is 18.2 Å². The lowest BCUT2D eigenvalue weighted by atomic mass is 10.2. The van der Waals surface area contributed by atoms with Crippen LogP contribution < -0.4 is 15.4 Å². The lowest BCUT2D eigenvalue weighted by Crippen LogP contribution is -2.13. The predicted molar refractivity (Wildman–Crippen MR) is 96.2 cm³/mol. The van der Waals surface area contributed by atoms with E-state index in [1.54, 1.807) is 30.6 Å². The van der Waals surface area contributed by atoms with Crippen LogP contribution in [0.2, 0.25) is 0 Å². The molecular formula is C19H19FN4O. The molecule has 128 valence electrons. The van der Waals surface area contributed by atoms with E-state index in [1.165, 1.54) is 12.1 Å². The molecule has 0 aliphatic carbocycles. The highest BCUT2D eigenvalue weighted by Crippen LogP contribution is 2.14. The second-order valence-electron chi connectivity index (χ2n) is 5.35. The van der Waals surface area contributed by atoms with Crippen LogP contribution in [0.3, 0.4) is 0 Å². The maximum atomic E-state index is 12.9. The monoisotopic (exact) mass is 338 g/mol. The maximum absolute atomic E-state index is 12.9. The molecule has 3 aromatic rings. The van der Waals surface area contributed by atoms with Gasteiger partial charge < -0.3 is 15.4 Å². The Morgan fingerprint density at radius 3 is 2.32 bits per heavy atom. The van der Waals surface area contributed by atoms with E-state index < -0.39 is 0 Å². The first-order valence-electron chi connectivity index (χ1n) is 8.02. The summed E-state index contributed by atoms with van der Waals surface area (Å²) in [4.78, 5) is 8.16. The van der Waals surface area contributed by atoms with Crippen LogP contribution in [-0.4, -0.2) is 23.1 Å². The normalized spacial score (nSPS) is 10.3. The van der Waals surface area contributed by atoms with Gasteiger partial charge in [0.15, 0.2) is 0 Å². The molecule has 0 aliphatic rings. The van der Waals surface area contributed by atoms with Crippen LogP contribution in [0.1, 0.15) is 5.56 Å². The summed E-state index contributed by atoms with van der Waals surface area (Å²) in [5, 5.41) is 6.33. The van der Waals surface area contributed by atoms with Crippen molar-refractivity contribution in [1.29, 1.82) is 0 Å². The standard InChI is InChI=1S/C19H19FN4O/c20-16-4-6-17(7-5-16)24-14-15-2-8-18(9-3-15)25-13-12-23-19-21-10-1-11-22-19/h1-11,24H,12-14H2,(H,21,22,23). The number of nitrogens with one attached hydrogen (secondary N) is 2. The van der Waals surface area contributed by atoms with Crippen LogP contribution >= 0.6 is 0 Å². The summed E-state index contributed by atoms with van der Waals surface area (Å²) in [6.07, 6.45) is 3.38. The zero-order chi connectivity index (χ0) is 17.3. The van der Waals surface area contributed by atoms with E-state index in [0.29, 0.717) is 25.6 Å². The van der Waals surface area contributed by atoms with Gasteiger partial charge in [-0.25, -0.2) is 14.4 Å². The molecule has 0 saturated carbocycles. The summed E-state index contributed by atoms with van der Waals surface area (Å²) >= 11 is 0. The highest BCUT2D eigenvalue weighted by molar-refractivity contribution is 5.43. The Hall–Kier alpha value is -3.15. The van der Waals surface area contributed by atoms with Crippen LogP contribution in [0.15, 0.2) is 67.0 Å². The summed E-state index contributed by atoms with van der Waals surface area (Å²) < 4.78 is 18.5. The number of hydrogen-bond acceptors (Lipinski definition) is 5. The van der Waals surface area contributed by atoms with Gasteiger partial charge >= 0.3 is 0 Å². The first kappa shape index (κ1) is 16.7. The van der Waals surface area contributed by atoms with Gasteiger partial charge in [0, 0.05) is 24.6 Å². The molecule has 0 spiro atoms. The van der Waals surface area contributed by atoms with Crippen molar-refractivity contribution in [3.8, 4) is 5.75 Å². The molecule has 0 atom stereocenters. The summed E-state index contributed by atoms with van der Waals surface area (Å²) in [5.41, 5.74) is 2.00. The molecule has 0 aliphatic heterocycles. The van der Waals surface area contributed by atoms with Crippen molar-refractivity contribution in [2.45, 2.75) is 6.54 Å². The molecule has 2 aromatic carbocycles. The lowest BCUT2D eigenvalue weighted by Gasteiger charge is -2.09. The van der Waals surface area contributed by atoms with Gasteiger partial charge in [0.2, 0.25) is 5.95 Å². The van der Waals surface area contributed by atoms with E-state index >= 15 is 0 Å². The molecule has 0 saturated heterocycles. The van der Waals surface area contributed by atoms with Gasteiger partial charge in [-0.3, -0.25) is 0 Å². The Bertz CT molecular complexity index is 764. The third kappa shape index (κ3) is 5.46. The Kier molecular flexibility index (Phi) is 5.77. The first-order chi connectivity index (χ1) is 12.3.